The SMILES string of the molecule is O=C(c1ncccc1Cl)C1CCOC2(CCOCC2)C1. The number of ketones is 1. The van der Waals surface area contributed by atoms with Gasteiger partial charge < -0.3 is 9.47 Å². The molecule has 2 aliphatic rings. The van der Waals surface area contributed by atoms with Gasteiger partial charge in [-0.25, -0.2) is 0 Å². The van der Waals surface area contributed by atoms with Crippen LogP contribution in [0.4, 0.5) is 0 Å². The zero-order chi connectivity index (χ0) is 14.0. The molecule has 1 atom stereocenters. The van der Waals surface area contributed by atoms with Crippen molar-refractivity contribution in [2.75, 3.05) is 19.8 Å². The van der Waals surface area contributed by atoms with Crippen LogP contribution in [0.1, 0.15) is 36.2 Å². The van der Waals surface area contributed by atoms with Crippen LogP contribution >= 0.6 is 11.6 Å². The van der Waals surface area contributed by atoms with Crippen molar-refractivity contribution in [1.82, 2.24) is 4.98 Å². The second-order valence-electron chi connectivity index (χ2n) is 5.53. The molecule has 2 aliphatic heterocycles. The lowest BCUT2D eigenvalue weighted by atomic mass is 9.78. The van der Waals surface area contributed by atoms with Crippen molar-refractivity contribution in [3.63, 3.8) is 0 Å². The van der Waals surface area contributed by atoms with Gasteiger partial charge >= 0.3 is 0 Å². The Bertz CT molecular complexity index is 494. The minimum atomic E-state index is -0.182. The van der Waals surface area contributed by atoms with Gasteiger partial charge in [-0.15, -0.1) is 0 Å². The minimum Gasteiger partial charge on any atom is -0.381 e. The van der Waals surface area contributed by atoms with E-state index in [0.29, 0.717) is 30.5 Å². The maximum absolute atomic E-state index is 12.6. The van der Waals surface area contributed by atoms with Gasteiger partial charge in [0.05, 0.1) is 10.6 Å². The third-order valence-electron chi connectivity index (χ3n) is 4.26. The Morgan fingerprint density at radius 1 is 1.35 bits per heavy atom. The summed E-state index contributed by atoms with van der Waals surface area (Å²) in [5.74, 6) is -0.000910. The first kappa shape index (κ1) is 14.0. The zero-order valence-electron chi connectivity index (χ0n) is 11.3. The average molecular weight is 296 g/mol. The number of Topliss-reactive ketones (excluding diaryl/α,β-unsaturated/α-hetero) is 1. The lowest BCUT2D eigenvalue weighted by Gasteiger charge is -2.42. The first-order chi connectivity index (χ1) is 9.70. The summed E-state index contributed by atoms with van der Waals surface area (Å²) in [6.07, 6.45) is 4.85. The number of carbonyl (C=O) groups is 1. The summed E-state index contributed by atoms with van der Waals surface area (Å²) in [4.78, 5) is 16.8. The topological polar surface area (TPSA) is 48.4 Å². The maximum Gasteiger partial charge on any atom is 0.185 e. The molecule has 0 aliphatic carbocycles. The summed E-state index contributed by atoms with van der Waals surface area (Å²) in [7, 11) is 0. The summed E-state index contributed by atoms with van der Waals surface area (Å²) in [6.45, 7) is 2.05. The Balaban J connectivity index is 1.77. The molecule has 0 aromatic carbocycles. The molecule has 0 N–H and O–H groups in total. The number of pyridine rings is 1. The molecule has 5 heteroatoms. The van der Waals surface area contributed by atoms with Crippen LogP contribution < -0.4 is 0 Å². The number of rotatable bonds is 2. The minimum absolute atomic E-state index is 0.0461. The summed E-state index contributed by atoms with van der Waals surface area (Å²) in [5.41, 5.74) is 0.209. The van der Waals surface area contributed by atoms with Crippen molar-refractivity contribution in [2.24, 2.45) is 5.92 Å². The quantitative estimate of drug-likeness (QED) is 0.787. The first-order valence-electron chi connectivity index (χ1n) is 7.07. The smallest absolute Gasteiger partial charge is 0.185 e. The summed E-state index contributed by atoms with van der Waals surface area (Å²) >= 11 is 6.08. The van der Waals surface area contributed by atoms with Crippen molar-refractivity contribution in [3.05, 3.63) is 29.0 Å². The number of aromatic nitrogens is 1. The predicted molar refractivity (Wildman–Crippen MR) is 75.0 cm³/mol. The number of ether oxygens (including phenoxy) is 2. The number of nitrogens with zero attached hydrogens (tertiary/aromatic N) is 1. The van der Waals surface area contributed by atoms with Crippen molar-refractivity contribution in [3.8, 4) is 0 Å². The fourth-order valence-corrected chi connectivity index (χ4v) is 3.32. The van der Waals surface area contributed by atoms with Crippen LogP contribution in [-0.4, -0.2) is 36.2 Å². The van der Waals surface area contributed by atoms with Crippen LogP contribution in [0.15, 0.2) is 18.3 Å². The van der Waals surface area contributed by atoms with E-state index in [2.05, 4.69) is 4.98 Å². The molecule has 1 aromatic heterocycles. The van der Waals surface area contributed by atoms with E-state index >= 15 is 0 Å². The van der Waals surface area contributed by atoms with Crippen molar-refractivity contribution in [1.29, 1.82) is 0 Å². The largest absolute Gasteiger partial charge is 0.381 e. The van der Waals surface area contributed by atoms with Gasteiger partial charge in [0.1, 0.15) is 5.69 Å². The van der Waals surface area contributed by atoms with Gasteiger partial charge in [0.25, 0.3) is 0 Å². The van der Waals surface area contributed by atoms with Gasteiger partial charge in [0, 0.05) is 31.9 Å². The Hall–Kier alpha value is -0.970. The van der Waals surface area contributed by atoms with Crippen molar-refractivity contribution in [2.45, 2.75) is 31.3 Å². The molecule has 4 nitrogen and oxygen atoms in total. The van der Waals surface area contributed by atoms with Crippen LogP contribution in [0.3, 0.4) is 0 Å². The van der Waals surface area contributed by atoms with Crippen LogP contribution in [0.5, 0.6) is 0 Å². The van der Waals surface area contributed by atoms with Gasteiger partial charge in [-0.3, -0.25) is 9.78 Å². The van der Waals surface area contributed by atoms with Gasteiger partial charge in [0.2, 0.25) is 0 Å². The van der Waals surface area contributed by atoms with E-state index in [1.54, 1.807) is 18.3 Å². The normalized spacial score (nSPS) is 25.6. The molecule has 1 spiro atoms. The highest BCUT2D eigenvalue weighted by molar-refractivity contribution is 6.33. The van der Waals surface area contributed by atoms with Gasteiger partial charge in [-0.2, -0.15) is 0 Å². The van der Waals surface area contributed by atoms with Crippen molar-refractivity contribution < 1.29 is 14.3 Å². The molecule has 2 saturated heterocycles. The zero-order valence-corrected chi connectivity index (χ0v) is 12.1. The molecule has 0 radical (unpaired) electrons. The van der Waals surface area contributed by atoms with E-state index in [9.17, 15) is 4.79 Å². The highest BCUT2D eigenvalue weighted by Crippen LogP contribution is 2.38. The average Bonchev–Trinajstić information content (AvgIpc) is 2.48. The highest BCUT2D eigenvalue weighted by atomic mass is 35.5. The molecule has 0 amide bonds. The monoisotopic (exact) mass is 295 g/mol. The number of hydrogen-bond acceptors (Lipinski definition) is 4. The van der Waals surface area contributed by atoms with E-state index in [0.717, 1.165) is 25.7 Å². The van der Waals surface area contributed by atoms with Crippen LogP contribution in [-0.2, 0) is 9.47 Å². The van der Waals surface area contributed by atoms with Gasteiger partial charge in [0.15, 0.2) is 5.78 Å². The highest BCUT2D eigenvalue weighted by Gasteiger charge is 2.41. The Labute approximate surface area is 123 Å². The molecule has 3 heterocycles. The lowest BCUT2D eigenvalue weighted by Crippen LogP contribution is -2.46. The van der Waals surface area contributed by atoms with Gasteiger partial charge in [-0.1, -0.05) is 11.6 Å². The summed E-state index contributed by atoms with van der Waals surface area (Å²) < 4.78 is 11.4. The molecular weight excluding hydrogens is 278 g/mol. The maximum atomic E-state index is 12.6. The number of carbonyl (C=O) groups excluding carboxylic acids is 1. The predicted octanol–water partition coefficient (Wildman–Crippen LogP) is 2.89. The molecule has 3 rings (SSSR count). The van der Waals surface area contributed by atoms with E-state index in [1.165, 1.54) is 0 Å². The Morgan fingerprint density at radius 3 is 2.90 bits per heavy atom. The molecular formula is C15H18ClNO3. The van der Waals surface area contributed by atoms with E-state index in [-0.39, 0.29) is 17.3 Å². The molecule has 1 aromatic rings. The number of halogens is 1. The van der Waals surface area contributed by atoms with Crippen LogP contribution in [0.25, 0.3) is 0 Å². The molecule has 0 bridgehead atoms. The Morgan fingerprint density at radius 2 is 2.15 bits per heavy atom. The number of hydrogen-bond donors (Lipinski definition) is 0. The third kappa shape index (κ3) is 2.73. The van der Waals surface area contributed by atoms with E-state index in [1.807, 2.05) is 0 Å². The first-order valence-corrected chi connectivity index (χ1v) is 7.44. The van der Waals surface area contributed by atoms with E-state index < -0.39 is 0 Å². The summed E-state index contributed by atoms with van der Waals surface area (Å²) in [6, 6.07) is 3.45. The van der Waals surface area contributed by atoms with Crippen LogP contribution in [0, 0.1) is 5.92 Å². The molecule has 1 unspecified atom stereocenters. The molecule has 108 valence electrons. The molecule has 2 fully saturated rings. The molecule has 20 heavy (non-hydrogen) atoms. The third-order valence-corrected chi connectivity index (χ3v) is 4.56. The second-order valence-corrected chi connectivity index (χ2v) is 5.94. The fourth-order valence-electron chi connectivity index (χ4n) is 3.10. The van der Waals surface area contributed by atoms with Gasteiger partial charge in [-0.05, 0) is 37.8 Å². The van der Waals surface area contributed by atoms with E-state index in [4.69, 9.17) is 21.1 Å². The lowest BCUT2D eigenvalue weighted by molar-refractivity contribution is -0.142. The second kappa shape index (κ2) is 5.80. The van der Waals surface area contributed by atoms with Crippen molar-refractivity contribution >= 4 is 17.4 Å². The molecule has 0 saturated carbocycles. The Kier molecular flexibility index (Phi) is 4.06. The standard InChI is InChI=1S/C15H18ClNO3/c16-12-2-1-6-17-13(12)14(18)11-3-7-20-15(10-11)4-8-19-9-5-15/h1-2,6,11H,3-5,7-10H2. The summed E-state index contributed by atoms with van der Waals surface area (Å²) in [5, 5.41) is 0.435. The van der Waals surface area contributed by atoms with Crippen LogP contribution in [0.2, 0.25) is 5.02 Å². The fraction of sp³-hybridized carbons (Fsp3) is 0.600.